The van der Waals surface area contributed by atoms with Crippen LogP contribution in [0.5, 0.6) is 5.75 Å². The first-order valence-electron chi connectivity index (χ1n) is 7.55. The number of rotatable bonds is 2. The zero-order chi connectivity index (χ0) is 16.1. The van der Waals surface area contributed by atoms with Crippen molar-refractivity contribution < 1.29 is 13.2 Å². The predicted molar refractivity (Wildman–Crippen MR) is 85.8 cm³/mol. The van der Waals surface area contributed by atoms with Crippen LogP contribution in [-0.4, -0.2) is 37.5 Å². The largest absolute Gasteiger partial charge is 0.489 e. The lowest BCUT2D eigenvalue weighted by Gasteiger charge is -2.35. The summed E-state index contributed by atoms with van der Waals surface area (Å²) in [6.07, 6.45) is 2.07. The molecule has 2 aliphatic heterocycles. The molecule has 0 aliphatic carbocycles. The van der Waals surface area contributed by atoms with Crippen LogP contribution in [0.3, 0.4) is 0 Å². The standard InChI is InChI=1S/C15H21ClN2O3S/c1-9-5-12(17)3-4-18(9)22(19,20)13-7-11-6-10(2)21-15(11)14(16)8-13/h7-10,12H,3-6,17H2,1-2H3/t9-,10-,12-/m1/s1. The highest BCUT2D eigenvalue weighted by molar-refractivity contribution is 7.89. The molecule has 2 aliphatic rings. The van der Waals surface area contributed by atoms with Gasteiger partial charge in [0.25, 0.3) is 0 Å². The third-order valence-corrected chi connectivity index (χ3v) is 6.65. The van der Waals surface area contributed by atoms with E-state index in [0.717, 1.165) is 5.56 Å². The first kappa shape index (κ1) is 16.1. The van der Waals surface area contributed by atoms with Gasteiger partial charge in [0.05, 0.1) is 9.92 Å². The van der Waals surface area contributed by atoms with Gasteiger partial charge < -0.3 is 10.5 Å². The second kappa shape index (κ2) is 5.67. The van der Waals surface area contributed by atoms with Gasteiger partial charge in [-0.3, -0.25) is 0 Å². The molecule has 0 radical (unpaired) electrons. The van der Waals surface area contributed by atoms with Crippen LogP contribution in [0.4, 0.5) is 0 Å². The number of halogens is 1. The number of fused-ring (bicyclic) bond motifs is 1. The van der Waals surface area contributed by atoms with Gasteiger partial charge in [0.1, 0.15) is 11.9 Å². The van der Waals surface area contributed by atoms with Gasteiger partial charge in [-0.25, -0.2) is 8.42 Å². The number of nitrogens with two attached hydrogens (primary N) is 1. The number of ether oxygens (including phenoxy) is 1. The molecule has 3 rings (SSSR count). The molecule has 0 bridgehead atoms. The Morgan fingerprint density at radius 1 is 1.36 bits per heavy atom. The predicted octanol–water partition coefficient (Wildman–Crippen LogP) is 2.16. The third kappa shape index (κ3) is 2.73. The number of hydrogen-bond acceptors (Lipinski definition) is 4. The highest BCUT2D eigenvalue weighted by atomic mass is 35.5. The monoisotopic (exact) mass is 344 g/mol. The fourth-order valence-electron chi connectivity index (χ4n) is 3.29. The normalized spacial score (nSPS) is 29.2. The summed E-state index contributed by atoms with van der Waals surface area (Å²) in [7, 11) is -3.56. The highest BCUT2D eigenvalue weighted by Gasteiger charge is 2.35. The fraction of sp³-hybridized carbons (Fsp3) is 0.600. The molecular weight excluding hydrogens is 324 g/mol. The molecule has 1 fully saturated rings. The molecule has 0 unspecified atom stereocenters. The van der Waals surface area contributed by atoms with Crippen LogP contribution < -0.4 is 10.5 Å². The molecule has 22 heavy (non-hydrogen) atoms. The Balaban J connectivity index is 1.97. The van der Waals surface area contributed by atoms with Crippen LogP contribution in [0.1, 0.15) is 32.3 Å². The Labute approximate surface area is 136 Å². The summed E-state index contributed by atoms with van der Waals surface area (Å²) in [4.78, 5) is 0.247. The van der Waals surface area contributed by atoms with Crippen LogP contribution in [0, 0.1) is 0 Å². The zero-order valence-corrected chi connectivity index (χ0v) is 14.3. The van der Waals surface area contributed by atoms with Crippen molar-refractivity contribution in [1.82, 2.24) is 4.31 Å². The van der Waals surface area contributed by atoms with Gasteiger partial charge in [0, 0.05) is 30.6 Å². The Bertz CT molecular complexity index is 692. The smallest absolute Gasteiger partial charge is 0.243 e. The van der Waals surface area contributed by atoms with Crippen LogP contribution in [0.25, 0.3) is 0 Å². The molecule has 3 atom stereocenters. The van der Waals surface area contributed by atoms with Crippen LogP contribution >= 0.6 is 11.6 Å². The number of hydrogen-bond donors (Lipinski definition) is 1. The van der Waals surface area contributed by atoms with E-state index in [0.29, 0.717) is 36.6 Å². The zero-order valence-electron chi connectivity index (χ0n) is 12.8. The average Bonchev–Trinajstić information content (AvgIpc) is 2.79. The molecule has 2 heterocycles. The first-order chi connectivity index (χ1) is 10.3. The maximum absolute atomic E-state index is 12.9. The fourth-order valence-corrected chi connectivity index (χ4v) is 5.37. The Hall–Kier alpha value is -0.820. The Morgan fingerprint density at radius 2 is 2.09 bits per heavy atom. The summed E-state index contributed by atoms with van der Waals surface area (Å²) in [5.41, 5.74) is 6.78. The topological polar surface area (TPSA) is 72.6 Å². The lowest BCUT2D eigenvalue weighted by Crippen LogP contribution is -2.48. The SMILES string of the molecule is C[C@@H]1Cc2cc(S(=O)(=O)N3CC[C@@H](N)C[C@H]3C)cc(Cl)c2O1. The van der Waals surface area contributed by atoms with Crippen molar-refractivity contribution in [3.8, 4) is 5.75 Å². The van der Waals surface area contributed by atoms with Crippen molar-refractivity contribution in [1.29, 1.82) is 0 Å². The Morgan fingerprint density at radius 3 is 2.77 bits per heavy atom. The molecule has 7 heteroatoms. The number of nitrogens with zero attached hydrogens (tertiary/aromatic N) is 1. The first-order valence-corrected chi connectivity index (χ1v) is 9.37. The second-order valence-electron chi connectivity index (χ2n) is 6.28. The van der Waals surface area contributed by atoms with Crippen molar-refractivity contribution in [3.63, 3.8) is 0 Å². The minimum atomic E-state index is -3.56. The quantitative estimate of drug-likeness (QED) is 0.892. The molecule has 1 saturated heterocycles. The molecule has 2 N–H and O–H groups in total. The summed E-state index contributed by atoms with van der Waals surface area (Å²) in [5.74, 6) is 0.613. The van der Waals surface area contributed by atoms with E-state index in [9.17, 15) is 8.42 Å². The van der Waals surface area contributed by atoms with Crippen molar-refractivity contribution >= 4 is 21.6 Å². The van der Waals surface area contributed by atoms with E-state index < -0.39 is 10.0 Å². The third-order valence-electron chi connectivity index (χ3n) is 4.38. The van der Waals surface area contributed by atoms with E-state index in [2.05, 4.69) is 0 Å². The highest BCUT2D eigenvalue weighted by Crippen LogP contribution is 2.39. The lowest BCUT2D eigenvalue weighted by atomic mass is 10.0. The number of piperidine rings is 1. The molecular formula is C15H21ClN2O3S. The van der Waals surface area contributed by atoms with Crippen molar-refractivity contribution in [2.75, 3.05) is 6.54 Å². The minimum Gasteiger partial charge on any atom is -0.489 e. The minimum absolute atomic E-state index is 0.0253. The molecule has 122 valence electrons. The van der Waals surface area contributed by atoms with Gasteiger partial charge in [0.2, 0.25) is 10.0 Å². The molecule has 0 amide bonds. The number of benzene rings is 1. The van der Waals surface area contributed by atoms with Crippen molar-refractivity contribution in [2.45, 2.75) is 56.2 Å². The van der Waals surface area contributed by atoms with Crippen LogP contribution in [-0.2, 0) is 16.4 Å². The van der Waals surface area contributed by atoms with E-state index >= 15 is 0 Å². The van der Waals surface area contributed by atoms with Crippen molar-refractivity contribution in [3.05, 3.63) is 22.7 Å². The molecule has 0 saturated carbocycles. The lowest BCUT2D eigenvalue weighted by molar-refractivity contribution is 0.247. The van der Waals surface area contributed by atoms with Gasteiger partial charge in [0.15, 0.2) is 0 Å². The van der Waals surface area contributed by atoms with Gasteiger partial charge in [-0.1, -0.05) is 11.6 Å². The number of sulfonamides is 1. The van der Waals surface area contributed by atoms with E-state index in [-0.39, 0.29) is 23.1 Å². The van der Waals surface area contributed by atoms with Crippen molar-refractivity contribution in [2.24, 2.45) is 5.73 Å². The van der Waals surface area contributed by atoms with Gasteiger partial charge in [-0.05, 0) is 38.8 Å². The Kier molecular flexibility index (Phi) is 4.14. The van der Waals surface area contributed by atoms with Gasteiger partial charge in [-0.15, -0.1) is 0 Å². The summed E-state index contributed by atoms with van der Waals surface area (Å²) >= 11 is 6.22. The summed E-state index contributed by atoms with van der Waals surface area (Å²) in [5, 5.41) is 0.363. The summed E-state index contributed by atoms with van der Waals surface area (Å²) in [6, 6.07) is 3.16. The maximum atomic E-state index is 12.9. The molecule has 0 aromatic heterocycles. The van der Waals surface area contributed by atoms with Gasteiger partial charge in [-0.2, -0.15) is 4.31 Å². The van der Waals surface area contributed by atoms with Crippen LogP contribution in [0.2, 0.25) is 5.02 Å². The second-order valence-corrected chi connectivity index (χ2v) is 8.57. The average molecular weight is 345 g/mol. The molecule has 0 spiro atoms. The van der Waals surface area contributed by atoms with Crippen LogP contribution in [0.15, 0.2) is 17.0 Å². The maximum Gasteiger partial charge on any atom is 0.243 e. The molecule has 5 nitrogen and oxygen atoms in total. The molecule has 1 aromatic rings. The van der Waals surface area contributed by atoms with E-state index in [4.69, 9.17) is 22.1 Å². The molecule has 1 aromatic carbocycles. The van der Waals surface area contributed by atoms with E-state index in [1.165, 1.54) is 10.4 Å². The van der Waals surface area contributed by atoms with E-state index in [1.54, 1.807) is 6.07 Å². The van der Waals surface area contributed by atoms with Gasteiger partial charge >= 0.3 is 0 Å². The van der Waals surface area contributed by atoms with E-state index in [1.807, 2.05) is 13.8 Å². The summed E-state index contributed by atoms with van der Waals surface area (Å²) in [6.45, 7) is 4.29. The summed E-state index contributed by atoms with van der Waals surface area (Å²) < 4.78 is 33.0.